The number of nitrogens with one attached hydrogen (secondary N) is 2. The fraction of sp³-hybridized carbons (Fsp3) is 0.533. The van der Waals surface area contributed by atoms with Gasteiger partial charge in [0.2, 0.25) is 5.91 Å². The molecule has 0 heterocycles. The lowest BCUT2D eigenvalue weighted by Gasteiger charge is -2.12. The van der Waals surface area contributed by atoms with Crippen LogP contribution in [0.1, 0.15) is 38.2 Å². The predicted octanol–water partition coefficient (Wildman–Crippen LogP) is 2.30. The molecule has 1 aromatic rings. The van der Waals surface area contributed by atoms with Crippen LogP contribution in [0.4, 0.5) is 0 Å². The van der Waals surface area contributed by atoms with Crippen molar-refractivity contribution < 1.29 is 4.79 Å². The maximum absolute atomic E-state index is 11.7. The molecule has 100 valence electrons. The zero-order chi connectivity index (χ0) is 13.2. The van der Waals surface area contributed by atoms with Gasteiger partial charge in [0, 0.05) is 19.5 Å². The molecule has 1 aromatic carbocycles. The normalized spacial score (nSPS) is 12.1. The van der Waals surface area contributed by atoms with Crippen LogP contribution in [0.25, 0.3) is 0 Å². The molecule has 0 spiro atoms. The van der Waals surface area contributed by atoms with Crippen molar-refractivity contribution in [2.75, 3.05) is 19.6 Å². The number of amides is 1. The van der Waals surface area contributed by atoms with Crippen LogP contribution >= 0.6 is 0 Å². The van der Waals surface area contributed by atoms with Gasteiger partial charge < -0.3 is 10.6 Å². The zero-order valence-electron chi connectivity index (χ0n) is 11.4. The zero-order valence-corrected chi connectivity index (χ0v) is 11.4. The monoisotopic (exact) mass is 248 g/mol. The van der Waals surface area contributed by atoms with E-state index in [0.29, 0.717) is 13.0 Å². The molecular formula is C15H24N2O. The van der Waals surface area contributed by atoms with Gasteiger partial charge in [0.1, 0.15) is 0 Å². The molecule has 0 saturated carbocycles. The molecular weight excluding hydrogens is 224 g/mol. The van der Waals surface area contributed by atoms with E-state index in [0.717, 1.165) is 19.5 Å². The van der Waals surface area contributed by atoms with Crippen molar-refractivity contribution in [3.63, 3.8) is 0 Å². The van der Waals surface area contributed by atoms with E-state index in [-0.39, 0.29) is 11.8 Å². The van der Waals surface area contributed by atoms with Crippen LogP contribution in [-0.2, 0) is 4.79 Å². The Morgan fingerprint density at radius 3 is 2.56 bits per heavy atom. The summed E-state index contributed by atoms with van der Waals surface area (Å²) in [5.74, 6) is 0.402. The van der Waals surface area contributed by atoms with E-state index in [4.69, 9.17) is 0 Å². The molecule has 2 N–H and O–H groups in total. The molecule has 0 saturated heterocycles. The SMILES string of the molecule is CCCNCCNC(=O)CC(C)c1ccccc1. The van der Waals surface area contributed by atoms with Crippen LogP contribution in [0.5, 0.6) is 0 Å². The molecule has 0 aliphatic carbocycles. The molecule has 3 heteroatoms. The van der Waals surface area contributed by atoms with Crippen LogP contribution in [0.3, 0.4) is 0 Å². The van der Waals surface area contributed by atoms with Crippen molar-refractivity contribution >= 4 is 5.91 Å². The van der Waals surface area contributed by atoms with E-state index < -0.39 is 0 Å². The molecule has 1 amide bonds. The molecule has 0 aromatic heterocycles. The van der Waals surface area contributed by atoms with Gasteiger partial charge in [-0.15, -0.1) is 0 Å². The van der Waals surface area contributed by atoms with Crippen molar-refractivity contribution in [3.05, 3.63) is 35.9 Å². The van der Waals surface area contributed by atoms with Gasteiger partial charge in [-0.1, -0.05) is 44.2 Å². The summed E-state index contributed by atoms with van der Waals surface area (Å²) in [6, 6.07) is 10.2. The van der Waals surface area contributed by atoms with E-state index in [1.54, 1.807) is 0 Å². The van der Waals surface area contributed by atoms with Gasteiger partial charge in [-0.25, -0.2) is 0 Å². The summed E-state index contributed by atoms with van der Waals surface area (Å²) in [4.78, 5) is 11.7. The van der Waals surface area contributed by atoms with Gasteiger partial charge in [0.05, 0.1) is 0 Å². The maximum Gasteiger partial charge on any atom is 0.220 e. The molecule has 0 bridgehead atoms. The molecule has 0 radical (unpaired) electrons. The highest BCUT2D eigenvalue weighted by atomic mass is 16.1. The number of carbonyl (C=O) groups excluding carboxylic acids is 1. The Balaban J connectivity index is 2.20. The largest absolute Gasteiger partial charge is 0.355 e. The minimum atomic E-state index is 0.129. The minimum Gasteiger partial charge on any atom is -0.355 e. The van der Waals surface area contributed by atoms with Crippen molar-refractivity contribution in [1.82, 2.24) is 10.6 Å². The Morgan fingerprint density at radius 1 is 1.17 bits per heavy atom. The first kappa shape index (κ1) is 14.7. The summed E-state index contributed by atoms with van der Waals surface area (Å²) in [6.07, 6.45) is 1.68. The molecule has 1 rings (SSSR count). The summed E-state index contributed by atoms with van der Waals surface area (Å²) in [7, 11) is 0. The smallest absolute Gasteiger partial charge is 0.220 e. The second kappa shape index (κ2) is 8.70. The topological polar surface area (TPSA) is 41.1 Å². The minimum absolute atomic E-state index is 0.129. The lowest BCUT2D eigenvalue weighted by atomic mass is 9.98. The van der Waals surface area contributed by atoms with E-state index in [1.165, 1.54) is 5.56 Å². The highest BCUT2D eigenvalue weighted by Crippen LogP contribution is 2.17. The van der Waals surface area contributed by atoms with E-state index in [2.05, 4.69) is 36.6 Å². The van der Waals surface area contributed by atoms with Gasteiger partial charge >= 0.3 is 0 Å². The highest BCUT2D eigenvalue weighted by Gasteiger charge is 2.09. The van der Waals surface area contributed by atoms with Gasteiger partial charge in [-0.3, -0.25) is 4.79 Å². The van der Waals surface area contributed by atoms with Crippen LogP contribution in [0.15, 0.2) is 30.3 Å². The Morgan fingerprint density at radius 2 is 1.89 bits per heavy atom. The van der Waals surface area contributed by atoms with Crippen molar-refractivity contribution in [2.24, 2.45) is 0 Å². The van der Waals surface area contributed by atoms with Crippen LogP contribution in [0, 0.1) is 0 Å². The fourth-order valence-corrected chi connectivity index (χ4v) is 1.84. The molecule has 1 unspecified atom stereocenters. The third-order valence-electron chi connectivity index (χ3n) is 2.91. The summed E-state index contributed by atoms with van der Waals surface area (Å²) in [5.41, 5.74) is 1.22. The molecule has 3 nitrogen and oxygen atoms in total. The number of benzene rings is 1. The average molecular weight is 248 g/mol. The molecule has 18 heavy (non-hydrogen) atoms. The highest BCUT2D eigenvalue weighted by molar-refractivity contribution is 5.76. The number of rotatable bonds is 8. The van der Waals surface area contributed by atoms with Crippen molar-refractivity contribution in [3.8, 4) is 0 Å². The van der Waals surface area contributed by atoms with Crippen molar-refractivity contribution in [1.29, 1.82) is 0 Å². The summed E-state index contributed by atoms with van der Waals surface area (Å²) in [5, 5.41) is 6.20. The van der Waals surface area contributed by atoms with Gasteiger partial charge in [0.15, 0.2) is 0 Å². The number of hydrogen-bond acceptors (Lipinski definition) is 2. The summed E-state index contributed by atoms with van der Waals surface area (Å²) < 4.78 is 0. The maximum atomic E-state index is 11.7. The van der Waals surface area contributed by atoms with Crippen LogP contribution < -0.4 is 10.6 Å². The second-order valence-corrected chi connectivity index (χ2v) is 4.62. The fourth-order valence-electron chi connectivity index (χ4n) is 1.84. The third-order valence-corrected chi connectivity index (χ3v) is 2.91. The molecule has 0 fully saturated rings. The Bertz CT molecular complexity index is 338. The van der Waals surface area contributed by atoms with E-state index in [1.807, 2.05) is 18.2 Å². The first-order chi connectivity index (χ1) is 8.74. The first-order valence-corrected chi connectivity index (χ1v) is 6.76. The third kappa shape index (κ3) is 5.82. The Labute approximate surface area is 110 Å². The van der Waals surface area contributed by atoms with E-state index >= 15 is 0 Å². The van der Waals surface area contributed by atoms with Gasteiger partial charge in [-0.05, 0) is 24.4 Å². The number of hydrogen-bond donors (Lipinski definition) is 2. The Kier molecular flexibility index (Phi) is 7.11. The predicted molar refractivity (Wildman–Crippen MR) is 75.6 cm³/mol. The number of carbonyl (C=O) groups is 1. The van der Waals surface area contributed by atoms with Gasteiger partial charge in [0.25, 0.3) is 0 Å². The molecule has 1 atom stereocenters. The second-order valence-electron chi connectivity index (χ2n) is 4.62. The Hall–Kier alpha value is -1.35. The average Bonchev–Trinajstić information content (AvgIpc) is 2.39. The lowest BCUT2D eigenvalue weighted by Crippen LogP contribution is -2.32. The van der Waals surface area contributed by atoms with Crippen LogP contribution in [-0.4, -0.2) is 25.5 Å². The van der Waals surface area contributed by atoms with E-state index in [9.17, 15) is 4.79 Å². The first-order valence-electron chi connectivity index (χ1n) is 6.76. The van der Waals surface area contributed by atoms with Crippen molar-refractivity contribution in [2.45, 2.75) is 32.6 Å². The molecule has 0 aliphatic rings. The van der Waals surface area contributed by atoms with Crippen LogP contribution in [0.2, 0.25) is 0 Å². The quantitative estimate of drug-likeness (QED) is 0.693. The lowest BCUT2D eigenvalue weighted by molar-refractivity contribution is -0.121. The molecule has 0 aliphatic heterocycles. The summed E-state index contributed by atoms with van der Waals surface area (Å²) >= 11 is 0. The summed E-state index contributed by atoms with van der Waals surface area (Å²) in [6.45, 7) is 6.79. The standard InChI is InChI=1S/C15H24N2O/c1-3-9-16-10-11-17-15(18)12-13(2)14-7-5-4-6-8-14/h4-8,13,16H,3,9-12H2,1-2H3,(H,17,18). The van der Waals surface area contributed by atoms with Gasteiger partial charge in [-0.2, -0.15) is 0 Å².